The number of hydrogen-bond acceptors (Lipinski definition) is 2. The Labute approximate surface area is 116 Å². The van der Waals surface area contributed by atoms with Gasteiger partial charge in [0, 0.05) is 10.9 Å². The quantitative estimate of drug-likeness (QED) is 0.758. The maximum Gasteiger partial charge on any atom is 0.127 e. The minimum Gasteiger partial charge on any atom is -0.383 e. The third-order valence-electron chi connectivity index (χ3n) is 3.49. The van der Waals surface area contributed by atoms with Crippen molar-refractivity contribution in [3.8, 4) is 0 Å². The van der Waals surface area contributed by atoms with Gasteiger partial charge in [0.25, 0.3) is 0 Å². The second kappa shape index (κ2) is 4.22. The summed E-state index contributed by atoms with van der Waals surface area (Å²) in [6.07, 6.45) is 0. The highest BCUT2D eigenvalue weighted by Crippen LogP contribution is 2.34. The number of benzene rings is 1. The van der Waals surface area contributed by atoms with Crippen LogP contribution in [0.2, 0.25) is 0 Å². The van der Waals surface area contributed by atoms with Gasteiger partial charge in [0.2, 0.25) is 0 Å². The van der Waals surface area contributed by atoms with E-state index in [0.717, 1.165) is 11.1 Å². The Morgan fingerprint density at radius 2 is 1.47 bits per heavy atom. The second-order valence-electron chi connectivity index (χ2n) is 7.30. The Balaban J connectivity index is 2.79. The fourth-order valence-electron chi connectivity index (χ4n) is 2.42. The van der Waals surface area contributed by atoms with Crippen molar-refractivity contribution >= 4 is 16.7 Å². The monoisotopic (exact) mass is 256 g/mol. The molecule has 2 heteroatoms. The third-order valence-corrected chi connectivity index (χ3v) is 3.49. The standard InChI is InChI=1S/C17H24N2/c1-16(2,3)12-9-7-8-11-10-13(17(4,5)6)15(18)19-14(11)12/h7-10H,1-6H3,(H2,18,19). The molecule has 0 atom stereocenters. The van der Waals surface area contributed by atoms with Crippen molar-refractivity contribution in [1.29, 1.82) is 0 Å². The van der Waals surface area contributed by atoms with Crippen LogP contribution in [0.4, 0.5) is 5.82 Å². The number of anilines is 1. The zero-order valence-electron chi connectivity index (χ0n) is 12.8. The second-order valence-corrected chi connectivity index (χ2v) is 7.30. The Morgan fingerprint density at radius 1 is 0.895 bits per heavy atom. The van der Waals surface area contributed by atoms with Crippen molar-refractivity contribution in [3.05, 3.63) is 35.4 Å². The van der Waals surface area contributed by atoms with E-state index in [9.17, 15) is 0 Å². The van der Waals surface area contributed by atoms with Gasteiger partial charge in [0.15, 0.2) is 0 Å². The van der Waals surface area contributed by atoms with E-state index in [1.807, 2.05) is 0 Å². The van der Waals surface area contributed by atoms with Crippen molar-refractivity contribution in [2.24, 2.45) is 0 Å². The molecule has 102 valence electrons. The van der Waals surface area contributed by atoms with Crippen LogP contribution in [0.5, 0.6) is 0 Å². The number of fused-ring (bicyclic) bond motifs is 1. The molecular formula is C17H24N2. The number of nitrogens with zero attached hydrogens (tertiary/aromatic N) is 1. The van der Waals surface area contributed by atoms with Gasteiger partial charge in [-0.2, -0.15) is 0 Å². The van der Waals surface area contributed by atoms with E-state index in [2.05, 4.69) is 70.8 Å². The summed E-state index contributed by atoms with van der Waals surface area (Å²) in [6.45, 7) is 13.1. The summed E-state index contributed by atoms with van der Waals surface area (Å²) in [5.74, 6) is 0.650. The molecule has 0 fully saturated rings. The van der Waals surface area contributed by atoms with E-state index >= 15 is 0 Å². The van der Waals surface area contributed by atoms with Crippen LogP contribution in [0.25, 0.3) is 10.9 Å². The summed E-state index contributed by atoms with van der Waals surface area (Å²) in [5, 5.41) is 1.17. The summed E-state index contributed by atoms with van der Waals surface area (Å²) in [5.41, 5.74) is 9.65. The smallest absolute Gasteiger partial charge is 0.127 e. The molecule has 0 aliphatic heterocycles. The van der Waals surface area contributed by atoms with E-state index in [1.165, 1.54) is 10.9 Å². The molecule has 0 spiro atoms. The summed E-state index contributed by atoms with van der Waals surface area (Å²) >= 11 is 0. The minimum atomic E-state index is 0.0169. The van der Waals surface area contributed by atoms with E-state index in [1.54, 1.807) is 0 Å². The molecule has 0 radical (unpaired) electrons. The number of pyridine rings is 1. The lowest BCUT2D eigenvalue weighted by Crippen LogP contribution is -2.17. The van der Waals surface area contributed by atoms with E-state index < -0.39 is 0 Å². The van der Waals surface area contributed by atoms with Gasteiger partial charge in [-0.15, -0.1) is 0 Å². The van der Waals surface area contributed by atoms with Gasteiger partial charge in [-0.25, -0.2) is 4.98 Å². The SMILES string of the molecule is CC(C)(C)c1cc2cccc(C(C)(C)C)c2nc1N. The predicted molar refractivity (Wildman–Crippen MR) is 83.6 cm³/mol. The zero-order valence-corrected chi connectivity index (χ0v) is 12.8. The molecule has 0 saturated heterocycles. The molecule has 2 N–H and O–H groups in total. The van der Waals surface area contributed by atoms with Crippen LogP contribution in [-0.4, -0.2) is 4.98 Å². The van der Waals surface area contributed by atoms with Crippen LogP contribution >= 0.6 is 0 Å². The van der Waals surface area contributed by atoms with Crippen LogP contribution in [0.1, 0.15) is 52.7 Å². The van der Waals surface area contributed by atoms with Gasteiger partial charge in [0.1, 0.15) is 5.82 Å². The first-order chi connectivity index (χ1) is 8.60. The zero-order chi connectivity index (χ0) is 14.4. The Kier molecular flexibility index (Phi) is 3.08. The Hall–Kier alpha value is -1.57. The van der Waals surface area contributed by atoms with Crippen LogP contribution in [0, 0.1) is 0 Å². The summed E-state index contributed by atoms with van der Waals surface area (Å²) < 4.78 is 0. The first-order valence-corrected chi connectivity index (χ1v) is 6.81. The largest absolute Gasteiger partial charge is 0.383 e. The molecule has 2 aromatic rings. The average Bonchev–Trinajstić information content (AvgIpc) is 2.24. The molecule has 0 unspecified atom stereocenters. The highest BCUT2D eigenvalue weighted by atomic mass is 14.8. The summed E-state index contributed by atoms with van der Waals surface area (Å²) in [4.78, 5) is 4.69. The molecule has 0 aliphatic carbocycles. The molecule has 0 aliphatic rings. The van der Waals surface area contributed by atoms with E-state index in [-0.39, 0.29) is 10.8 Å². The van der Waals surface area contributed by atoms with Gasteiger partial charge < -0.3 is 5.73 Å². The summed E-state index contributed by atoms with van der Waals surface area (Å²) in [6, 6.07) is 8.55. The van der Waals surface area contributed by atoms with E-state index in [4.69, 9.17) is 5.73 Å². The lowest BCUT2D eigenvalue weighted by molar-refractivity contribution is 0.589. The highest BCUT2D eigenvalue weighted by Gasteiger charge is 2.22. The molecule has 0 amide bonds. The summed E-state index contributed by atoms with van der Waals surface area (Å²) in [7, 11) is 0. The Bertz CT molecular complexity index is 613. The van der Waals surface area contributed by atoms with Crippen molar-refractivity contribution in [3.63, 3.8) is 0 Å². The van der Waals surface area contributed by atoms with Crippen molar-refractivity contribution in [2.45, 2.75) is 52.4 Å². The highest BCUT2D eigenvalue weighted by molar-refractivity contribution is 5.85. The van der Waals surface area contributed by atoms with Crippen LogP contribution in [0.3, 0.4) is 0 Å². The van der Waals surface area contributed by atoms with Crippen molar-refractivity contribution < 1.29 is 0 Å². The van der Waals surface area contributed by atoms with Gasteiger partial charge in [-0.1, -0.05) is 59.7 Å². The fraction of sp³-hybridized carbons (Fsp3) is 0.471. The minimum absolute atomic E-state index is 0.0169. The molecule has 2 nitrogen and oxygen atoms in total. The predicted octanol–water partition coefficient (Wildman–Crippen LogP) is 4.41. The maximum absolute atomic E-state index is 6.17. The Morgan fingerprint density at radius 3 is 2.00 bits per heavy atom. The number of hydrogen-bond donors (Lipinski definition) is 1. The lowest BCUT2D eigenvalue weighted by Gasteiger charge is -2.24. The number of para-hydroxylation sites is 1. The molecule has 1 aromatic heterocycles. The molecule has 19 heavy (non-hydrogen) atoms. The van der Waals surface area contributed by atoms with Gasteiger partial charge in [-0.3, -0.25) is 0 Å². The topological polar surface area (TPSA) is 38.9 Å². The number of aromatic nitrogens is 1. The van der Waals surface area contributed by atoms with Crippen LogP contribution in [-0.2, 0) is 10.8 Å². The molecule has 0 saturated carbocycles. The molecule has 1 aromatic carbocycles. The maximum atomic E-state index is 6.17. The first kappa shape index (κ1) is 13.9. The molecular weight excluding hydrogens is 232 g/mol. The van der Waals surface area contributed by atoms with Crippen LogP contribution < -0.4 is 5.73 Å². The fourth-order valence-corrected chi connectivity index (χ4v) is 2.42. The van der Waals surface area contributed by atoms with Gasteiger partial charge in [-0.05, 0) is 22.5 Å². The lowest BCUT2D eigenvalue weighted by atomic mass is 9.83. The molecule has 1 heterocycles. The average molecular weight is 256 g/mol. The van der Waals surface area contributed by atoms with Crippen molar-refractivity contribution in [2.75, 3.05) is 5.73 Å². The number of rotatable bonds is 0. The van der Waals surface area contributed by atoms with E-state index in [0.29, 0.717) is 5.82 Å². The third kappa shape index (κ3) is 2.58. The molecule has 0 bridgehead atoms. The molecule has 2 rings (SSSR count). The van der Waals surface area contributed by atoms with Gasteiger partial charge >= 0.3 is 0 Å². The first-order valence-electron chi connectivity index (χ1n) is 6.81. The van der Waals surface area contributed by atoms with Crippen molar-refractivity contribution in [1.82, 2.24) is 4.98 Å². The normalized spacial score (nSPS) is 12.9. The van der Waals surface area contributed by atoms with Crippen LogP contribution in [0.15, 0.2) is 24.3 Å². The number of nitrogens with two attached hydrogens (primary N) is 1. The number of nitrogen functional groups attached to an aromatic ring is 1. The van der Waals surface area contributed by atoms with Gasteiger partial charge in [0.05, 0.1) is 5.52 Å².